The van der Waals surface area contributed by atoms with Crippen LogP contribution in [0.25, 0.3) is 0 Å². The van der Waals surface area contributed by atoms with Crippen LogP contribution >= 0.6 is 0 Å². The van der Waals surface area contributed by atoms with Crippen LogP contribution in [0.1, 0.15) is 50.8 Å². The van der Waals surface area contributed by atoms with Crippen molar-refractivity contribution < 1.29 is 9.90 Å². The number of hydrogen-bond donors (Lipinski definition) is 2. The minimum absolute atomic E-state index is 0.0415. The first kappa shape index (κ1) is 17.7. The van der Waals surface area contributed by atoms with Crippen molar-refractivity contribution in [2.24, 2.45) is 0 Å². The molecule has 1 aromatic carbocycles. The van der Waals surface area contributed by atoms with Crippen LogP contribution in [-0.2, 0) is 4.79 Å². The first-order valence-electron chi connectivity index (χ1n) is 7.63. The van der Waals surface area contributed by atoms with Gasteiger partial charge < -0.3 is 15.3 Å². The maximum Gasteiger partial charge on any atom is 0.239 e. The van der Waals surface area contributed by atoms with Gasteiger partial charge in [0.15, 0.2) is 0 Å². The molecule has 4 heteroatoms. The van der Waals surface area contributed by atoms with Crippen molar-refractivity contribution in [3.8, 4) is 0 Å². The highest BCUT2D eigenvalue weighted by Gasteiger charge is 2.17. The Kier molecular flexibility index (Phi) is 6.85. The van der Waals surface area contributed by atoms with Crippen molar-refractivity contribution in [1.82, 2.24) is 10.2 Å². The average Bonchev–Trinajstić information content (AvgIpc) is 2.50. The molecule has 2 unspecified atom stereocenters. The van der Waals surface area contributed by atoms with E-state index in [4.69, 9.17) is 0 Å². The van der Waals surface area contributed by atoms with E-state index in [9.17, 15) is 9.90 Å². The molecule has 1 aromatic rings. The van der Waals surface area contributed by atoms with Crippen molar-refractivity contribution in [3.63, 3.8) is 0 Å². The van der Waals surface area contributed by atoms with Crippen molar-refractivity contribution in [2.75, 3.05) is 20.1 Å². The lowest BCUT2D eigenvalue weighted by atomic mass is 10.00. The zero-order valence-corrected chi connectivity index (χ0v) is 13.8. The molecule has 1 amide bonds. The first-order chi connectivity index (χ1) is 9.86. The largest absolute Gasteiger partial charge is 0.387 e. The van der Waals surface area contributed by atoms with Gasteiger partial charge in [0.25, 0.3) is 0 Å². The van der Waals surface area contributed by atoms with Gasteiger partial charge in [-0.15, -0.1) is 0 Å². The molecule has 0 aliphatic rings. The summed E-state index contributed by atoms with van der Waals surface area (Å²) in [5.74, 6) is 0.524. The molecule has 0 fully saturated rings. The summed E-state index contributed by atoms with van der Waals surface area (Å²) in [6, 6.07) is 7.70. The van der Waals surface area contributed by atoms with Gasteiger partial charge in [0.05, 0.1) is 12.1 Å². The van der Waals surface area contributed by atoms with E-state index in [0.717, 1.165) is 5.56 Å². The van der Waals surface area contributed by atoms with Crippen LogP contribution in [0.3, 0.4) is 0 Å². The van der Waals surface area contributed by atoms with Crippen LogP contribution in [0.4, 0.5) is 0 Å². The molecule has 0 aliphatic carbocycles. The Hall–Kier alpha value is -1.39. The molecular formula is C17H28N2O2. The lowest BCUT2D eigenvalue weighted by molar-refractivity contribution is -0.131. The molecule has 118 valence electrons. The van der Waals surface area contributed by atoms with Crippen LogP contribution in [0.15, 0.2) is 24.3 Å². The number of hydrogen-bond acceptors (Lipinski definition) is 3. The van der Waals surface area contributed by atoms with E-state index >= 15 is 0 Å². The number of likely N-dealkylation sites (N-methyl/N-ethyl adjacent to an activating group) is 1. The molecule has 2 atom stereocenters. The molecule has 1 rings (SSSR count). The Morgan fingerprint density at radius 1 is 1.19 bits per heavy atom. The molecular weight excluding hydrogens is 264 g/mol. The standard InChI is InChI=1S/C17H28N2O2/c1-6-19(5)17(21)13(4)18-11-16(20)15-9-7-14(8-10-15)12(2)3/h7-10,12-13,16,18,20H,6,11H2,1-5H3. The Morgan fingerprint density at radius 3 is 2.19 bits per heavy atom. The molecule has 4 nitrogen and oxygen atoms in total. The molecule has 0 saturated carbocycles. The third-order valence-corrected chi connectivity index (χ3v) is 3.83. The number of nitrogens with zero attached hydrogens (tertiary/aromatic N) is 1. The molecule has 2 N–H and O–H groups in total. The van der Waals surface area contributed by atoms with Crippen molar-refractivity contribution in [1.29, 1.82) is 0 Å². The van der Waals surface area contributed by atoms with E-state index in [-0.39, 0.29) is 11.9 Å². The third-order valence-electron chi connectivity index (χ3n) is 3.83. The van der Waals surface area contributed by atoms with Crippen LogP contribution in [0, 0.1) is 0 Å². The van der Waals surface area contributed by atoms with Crippen LogP contribution < -0.4 is 5.32 Å². The highest BCUT2D eigenvalue weighted by atomic mass is 16.3. The second kappa shape index (κ2) is 8.15. The number of amides is 1. The fraction of sp³-hybridized carbons (Fsp3) is 0.588. The Balaban J connectivity index is 2.53. The van der Waals surface area contributed by atoms with Gasteiger partial charge >= 0.3 is 0 Å². The normalized spacial score (nSPS) is 14.0. The predicted molar refractivity (Wildman–Crippen MR) is 86.3 cm³/mol. The minimum Gasteiger partial charge on any atom is -0.387 e. The lowest BCUT2D eigenvalue weighted by Gasteiger charge is -2.22. The molecule has 0 spiro atoms. The number of aliphatic hydroxyl groups is 1. The second-order valence-electron chi connectivity index (χ2n) is 5.82. The monoisotopic (exact) mass is 292 g/mol. The van der Waals surface area contributed by atoms with Crippen molar-refractivity contribution in [3.05, 3.63) is 35.4 Å². The Labute approximate surface area is 128 Å². The molecule has 0 heterocycles. The van der Waals surface area contributed by atoms with Gasteiger partial charge in [0.2, 0.25) is 5.91 Å². The summed E-state index contributed by atoms with van der Waals surface area (Å²) < 4.78 is 0. The van der Waals surface area contributed by atoms with Gasteiger partial charge in [-0.3, -0.25) is 4.79 Å². The van der Waals surface area contributed by atoms with E-state index < -0.39 is 6.10 Å². The topological polar surface area (TPSA) is 52.6 Å². The SMILES string of the molecule is CCN(C)C(=O)C(C)NCC(O)c1ccc(C(C)C)cc1. The van der Waals surface area contributed by atoms with Gasteiger partial charge in [0.1, 0.15) is 0 Å². The number of aliphatic hydroxyl groups excluding tert-OH is 1. The summed E-state index contributed by atoms with van der Waals surface area (Å²) in [7, 11) is 1.78. The van der Waals surface area contributed by atoms with Gasteiger partial charge in [-0.1, -0.05) is 38.1 Å². The molecule has 0 aromatic heterocycles. The third kappa shape index (κ3) is 5.14. The molecule has 0 aliphatic heterocycles. The van der Waals surface area contributed by atoms with Gasteiger partial charge in [-0.05, 0) is 30.9 Å². The zero-order valence-electron chi connectivity index (χ0n) is 13.8. The molecule has 0 bridgehead atoms. The van der Waals surface area contributed by atoms with E-state index in [1.54, 1.807) is 11.9 Å². The van der Waals surface area contributed by atoms with Crippen molar-refractivity contribution >= 4 is 5.91 Å². The highest BCUT2D eigenvalue weighted by molar-refractivity contribution is 5.81. The van der Waals surface area contributed by atoms with Crippen LogP contribution in [0.5, 0.6) is 0 Å². The highest BCUT2D eigenvalue weighted by Crippen LogP contribution is 2.18. The van der Waals surface area contributed by atoms with E-state index in [1.807, 2.05) is 38.1 Å². The van der Waals surface area contributed by atoms with Gasteiger partial charge in [0, 0.05) is 20.1 Å². The summed E-state index contributed by atoms with van der Waals surface area (Å²) >= 11 is 0. The number of carbonyl (C=O) groups excluding carboxylic acids is 1. The van der Waals surface area contributed by atoms with Gasteiger partial charge in [-0.25, -0.2) is 0 Å². The minimum atomic E-state index is -0.603. The number of nitrogens with one attached hydrogen (secondary N) is 1. The Morgan fingerprint density at radius 2 is 1.71 bits per heavy atom. The van der Waals surface area contributed by atoms with Crippen molar-refractivity contribution in [2.45, 2.75) is 45.8 Å². The number of rotatable bonds is 7. The van der Waals surface area contributed by atoms with E-state index in [2.05, 4.69) is 19.2 Å². The number of benzene rings is 1. The van der Waals surface area contributed by atoms with E-state index in [1.165, 1.54) is 5.56 Å². The Bertz CT molecular complexity index is 443. The van der Waals surface area contributed by atoms with Crippen LogP contribution in [-0.4, -0.2) is 42.1 Å². The zero-order chi connectivity index (χ0) is 16.0. The summed E-state index contributed by atoms with van der Waals surface area (Å²) in [5.41, 5.74) is 2.13. The summed E-state index contributed by atoms with van der Waals surface area (Å²) in [6.45, 7) is 9.10. The van der Waals surface area contributed by atoms with Crippen LogP contribution in [0.2, 0.25) is 0 Å². The maximum atomic E-state index is 11.9. The number of carbonyl (C=O) groups is 1. The first-order valence-corrected chi connectivity index (χ1v) is 7.63. The molecule has 0 radical (unpaired) electrons. The summed E-state index contributed by atoms with van der Waals surface area (Å²) in [4.78, 5) is 13.6. The fourth-order valence-electron chi connectivity index (χ4n) is 2.08. The smallest absolute Gasteiger partial charge is 0.239 e. The quantitative estimate of drug-likeness (QED) is 0.811. The molecule has 21 heavy (non-hydrogen) atoms. The predicted octanol–water partition coefficient (Wildman–Crippen LogP) is 2.30. The van der Waals surface area contributed by atoms with Gasteiger partial charge in [-0.2, -0.15) is 0 Å². The van der Waals surface area contributed by atoms with E-state index in [0.29, 0.717) is 19.0 Å². The summed E-state index contributed by atoms with van der Waals surface area (Å²) in [5, 5.41) is 13.3. The second-order valence-corrected chi connectivity index (χ2v) is 5.82. The maximum absolute atomic E-state index is 11.9. The summed E-state index contributed by atoms with van der Waals surface area (Å²) in [6.07, 6.45) is -0.603. The average molecular weight is 292 g/mol. The molecule has 0 saturated heterocycles. The lowest BCUT2D eigenvalue weighted by Crippen LogP contribution is -2.44. The fourth-order valence-corrected chi connectivity index (χ4v) is 2.08.